The van der Waals surface area contributed by atoms with E-state index in [1.165, 1.54) is 18.4 Å². The Morgan fingerprint density at radius 3 is 2.76 bits per heavy atom. The van der Waals surface area contributed by atoms with Gasteiger partial charge in [-0.15, -0.1) is 0 Å². The summed E-state index contributed by atoms with van der Waals surface area (Å²) in [5.41, 5.74) is 2.29. The highest BCUT2D eigenvalue weighted by Crippen LogP contribution is 2.19. The average Bonchev–Trinajstić information content (AvgIpc) is 3.11. The minimum Gasteiger partial charge on any atom is -0.493 e. The number of aryl methyl sites for hydroxylation is 2. The molecule has 25 heavy (non-hydrogen) atoms. The maximum absolute atomic E-state index is 12.4. The summed E-state index contributed by atoms with van der Waals surface area (Å²) in [6.07, 6.45) is 3.20. The van der Waals surface area contributed by atoms with Crippen molar-refractivity contribution in [1.29, 1.82) is 0 Å². The molecule has 2 heterocycles. The van der Waals surface area contributed by atoms with Crippen molar-refractivity contribution in [2.45, 2.75) is 39.2 Å². The lowest BCUT2D eigenvalue weighted by molar-refractivity contribution is -0.133. The van der Waals surface area contributed by atoms with Gasteiger partial charge < -0.3 is 14.4 Å². The van der Waals surface area contributed by atoms with E-state index in [0.717, 1.165) is 50.6 Å². The van der Waals surface area contributed by atoms with Gasteiger partial charge in [0.2, 0.25) is 5.91 Å². The van der Waals surface area contributed by atoms with Crippen LogP contribution in [0, 0.1) is 13.8 Å². The summed E-state index contributed by atoms with van der Waals surface area (Å²) in [6.45, 7) is 9.97. The van der Waals surface area contributed by atoms with Gasteiger partial charge in [-0.2, -0.15) is 0 Å². The van der Waals surface area contributed by atoms with E-state index in [0.29, 0.717) is 19.1 Å². The number of carbonyl (C=O) groups excluding carboxylic acids is 1. The van der Waals surface area contributed by atoms with Crippen molar-refractivity contribution in [3.05, 3.63) is 29.3 Å². The Kier molecular flexibility index (Phi) is 6.32. The molecule has 0 bridgehead atoms. The molecule has 2 aliphatic heterocycles. The van der Waals surface area contributed by atoms with Crippen LogP contribution < -0.4 is 4.74 Å². The number of ether oxygens (including phenoxy) is 2. The standard InChI is InChI=1S/C20H30N2O3/c1-16-5-6-17(2)19(14-16)25-13-7-20(23)22-10-8-21(9-11-22)15-18-4-3-12-24-18/h5-6,14,18H,3-4,7-13,15H2,1-2H3. The van der Waals surface area contributed by atoms with Crippen molar-refractivity contribution in [3.63, 3.8) is 0 Å². The zero-order chi connectivity index (χ0) is 17.6. The van der Waals surface area contributed by atoms with Gasteiger partial charge in [-0.3, -0.25) is 9.69 Å². The number of amides is 1. The van der Waals surface area contributed by atoms with Crippen LogP contribution in [0.5, 0.6) is 5.75 Å². The first-order valence-corrected chi connectivity index (χ1v) is 9.43. The van der Waals surface area contributed by atoms with Gasteiger partial charge in [0, 0.05) is 39.3 Å². The maximum atomic E-state index is 12.4. The molecule has 1 unspecified atom stereocenters. The van der Waals surface area contributed by atoms with Gasteiger partial charge in [0.1, 0.15) is 5.75 Å². The van der Waals surface area contributed by atoms with Crippen molar-refractivity contribution in [1.82, 2.24) is 9.80 Å². The number of hydrogen-bond acceptors (Lipinski definition) is 4. The second kappa shape index (κ2) is 8.68. The van der Waals surface area contributed by atoms with Gasteiger partial charge in [-0.25, -0.2) is 0 Å². The minimum atomic E-state index is 0.196. The number of nitrogens with zero attached hydrogens (tertiary/aromatic N) is 2. The highest BCUT2D eigenvalue weighted by Gasteiger charge is 2.24. The lowest BCUT2D eigenvalue weighted by atomic mass is 10.1. The van der Waals surface area contributed by atoms with Crippen molar-refractivity contribution < 1.29 is 14.3 Å². The summed E-state index contributed by atoms with van der Waals surface area (Å²) in [5, 5.41) is 0. The summed E-state index contributed by atoms with van der Waals surface area (Å²) < 4.78 is 11.5. The third-order valence-electron chi connectivity index (χ3n) is 5.13. The number of rotatable bonds is 6. The molecule has 5 heteroatoms. The summed E-state index contributed by atoms with van der Waals surface area (Å²) in [4.78, 5) is 16.8. The maximum Gasteiger partial charge on any atom is 0.226 e. The fourth-order valence-corrected chi connectivity index (χ4v) is 3.53. The van der Waals surface area contributed by atoms with Crippen molar-refractivity contribution >= 4 is 5.91 Å². The first kappa shape index (κ1) is 18.2. The molecule has 0 spiro atoms. The Hall–Kier alpha value is -1.59. The second-order valence-electron chi connectivity index (χ2n) is 7.18. The van der Waals surface area contributed by atoms with Gasteiger partial charge in [-0.05, 0) is 43.9 Å². The summed E-state index contributed by atoms with van der Waals surface area (Å²) in [5.74, 6) is 1.08. The minimum absolute atomic E-state index is 0.196. The Morgan fingerprint density at radius 1 is 1.24 bits per heavy atom. The topological polar surface area (TPSA) is 42.0 Å². The predicted octanol–water partition coefficient (Wildman–Crippen LogP) is 2.40. The molecule has 0 aliphatic carbocycles. The van der Waals surface area contributed by atoms with E-state index in [2.05, 4.69) is 17.0 Å². The second-order valence-corrected chi connectivity index (χ2v) is 7.18. The zero-order valence-electron chi connectivity index (χ0n) is 15.5. The molecule has 138 valence electrons. The first-order valence-electron chi connectivity index (χ1n) is 9.43. The van der Waals surface area contributed by atoms with Crippen LogP contribution >= 0.6 is 0 Å². The van der Waals surface area contributed by atoms with Crippen molar-refractivity contribution in [2.24, 2.45) is 0 Å². The Labute approximate surface area is 150 Å². The fraction of sp³-hybridized carbons (Fsp3) is 0.650. The zero-order valence-corrected chi connectivity index (χ0v) is 15.5. The van der Waals surface area contributed by atoms with Crippen LogP contribution in [0.4, 0.5) is 0 Å². The van der Waals surface area contributed by atoms with Crippen LogP contribution in [0.3, 0.4) is 0 Å². The lowest BCUT2D eigenvalue weighted by Crippen LogP contribution is -2.50. The third-order valence-corrected chi connectivity index (χ3v) is 5.13. The SMILES string of the molecule is Cc1ccc(C)c(OCCC(=O)N2CCN(CC3CCCO3)CC2)c1. The normalized spacial score (nSPS) is 21.5. The van der Waals surface area contributed by atoms with Crippen molar-refractivity contribution in [3.8, 4) is 5.75 Å². The molecule has 0 N–H and O–H groups in total. The quantitative estimate of drug-likeness (QED) is 0.793. The molecule has 1 atom stereocenters. The van der Waals surface area contributed by atoms with E-state index >= 15 is 0 Å². The van der Waals surface area contributed by atoms with Gasteiger partial charge in [-0.1, -0.05) is 12.1 Å². The summed E-state index contributed by atoms with van der Waals surface area (Å²) >= 11 is 0. The van der Waals surface area contributed by atoms with Gasteiger partial charge in [0.05, 0.1) is 19.1 Å². The lowest BCUT2D eigenvalue weighted by Gasteiger charge is -2.35. The fourth-order valence-electron chi connectivity index (χ4n) is 3.53. The average molecular weight is 346 g/mol. The molecule has 2 saturated heterocycles. The van der Waals surface area contributed by atoms with Gasteiger partial charge in [0.25, 0.3) is 0 Å². The molecule has 3 rings (SSSR count). The first-order chi connectivity index (χ1) is 12.1. The monoisotopic (exact) mass is 346 g/mol. The Balaban J connectivity index is 1.37. The largest absolute Gasteiger partial charge is 0.493 e. The van der Waals surface area contributed by atoms with Gasteiger partial charge in [0.15, 0.2) is 0 Å². The predicted molar refractivity (Wildman–Crippen MR) is 98.0 cm³/mol. The number of benzene rings is 1. The van der Waals surface area contributed by atoms with E-state index in [4.69, 9.17) is 9.47 Å². The Morgan fingerprint density at radius 2 is 2.04 bits per heavy atom. The van der Waals surface area contributed by atoms with E-state index < -0.39 is 0 Å². The van der Waals surface area contributed by atoms with E-state index in [-0.39, 0.29) is 5.91 Å². The smallest absolute Gasteiger partial charge is 0.226 e. The highest BCUT2D eigenvalue weighted by atomic mass is 16.5. The molecule has 0 radical (unpaired) electrons. The summed E-state index contributed by atoms with van der Waals surface area (Å²) in [7, 11) is 0. The number of carbonyl (C=O) groups is 1. The van der Waals surface area contributed by atoms with E-state index in [1.807, 2.05) is 24.8 Å². The number of piperazine rings is 1. The van der Waals surface area contributed by atoms with Crippen LogP contribution in [0.2, 0.25) is 0 Å². The molecule has 2 aliphatic rings. The number of hydrogen-bond donors (Lipinski definition) is 0. The third kappa shape index (κ3) is 5.19. The van der Waals surface area contributed by atoms with E-state index in [9.17, 15) is 4.79 Å². The molecular formula is C20H30N2O3. The molecular weight excluding hydrogens is 316 g/mol. The molecule has 1 aromatic carbocycles. The Bertz CT molecular complexity index is 576. The van der Waals surface area contributed by atoms with Crippen LogP contribution in [0.25, 0.3) is 0 Å². The van der Waals surface area contributed by atoms with Crippen LogP contribution in [0.1, 0.15) is 30.4 Å². The van der Waals surface area contributed by atoms with Gasteiger partial charge >= 0.3 is 0 Å². The van der Waals surface area contributed by atoms with Crippen LogP contribution in [0.15, 0.2) is 18.2 Å². The van der Waals surface area contributed by atoms with E-state index in [1.54, 1.807) is 0 Å². The molecule has 1 amide bonds. The molecule has 1 aromatic rings. The molecule has 5 nitrogen and oxygen atoms in total. The summed E-state index contributed by atoms with van der Waals surface area (Å²) in [6, 6.07) is 6.16. The molecule has 0 saturated carbocycles. The van der Waals surface area contributed by atoms with Crippen LogP contribution in [-0.2, 0) is 9.53 Å². The molecule has 2 fully saturated rings. The highest BCUT2D eigenvalue weighted by molar-refractivity contribution is 5.76. The van der Waals surface area contributed by atoms with Crippen LogP contribution in [-0.4, -0.2) is 67.7 Å². The molecule has 0 aromatic heterocycles. The van der Waals surface area contributed by atoms with Crippen molar-refractivity contribution in [2.75, 3.05) is 45.9 Å².